The van der Waals surface area contributed by atoms with Crippen molar-refractivity contribution in [1.82, 2.24) is 29.7 Å². The molecule has 7 heterocycles. The van der Waals surface area contributed by atoms with Gasteiger partial charge in [0.25, 0.3) is 34.4 Å². The van der Waals surface area contributed by atoms with Crippen LogP contribution in [0.25, 0.3) is 22.3 Å². The van der Waals surface area contributed by atoms with E-state index in [0.717, 1.165) is 83.5 Å². The van der Waals surface area contributed by atoms with Gasteiger partial charge in [0.05, 0.1) is 77.7 Å². The molecule has 31 nitrogen and oxygen atoms in total. The van der Waals surface area contributed by atoms with Crippen LogP contribution in [0.5, 0.6) is 34.5 Å². The molecule has 13 rings (SSSR count). The van der Waals surface area contributed by atoms with E-state index in [1.807, 2.05) is 80.5 Å². The van der Waals surface area contributed by atoms with Gasteiger partial charge in [0.1, 0.15) is 109 Å². The number of methoxy groups -OCH3 is 5. The number of carbonyl (C=O) groups is 6. The maximum atomic E-state index is 14.8. The number of aromatic nitrogens is 3. The molecular formula is C99H122BBrF6LiN9O22. The number of nitrogens with one attached hydrogen (secondary N) is 6. The van der Waals surface area contributed by atoms with Crippen LogP contribution >= 0.6 is 15.9 Å². The van der Waals surface area contributed by atoms with E-state index < -0.39 is 124 Å². The molecule has 139 heavy (non-hydrogen) atoms. The van der Waals surface area contributed by atoms with E-state index in [1.165, 1.54) is 30.5 Å². The van der Waals surface area contributed by atoms with Crippen molar-refractivity contribution < 1.29 is 137 Å². The van der Waals surface area contributed by atoms with Crippen LogP contribution < -0.4 is 101 Å². The summed E-state index contributed by atoms with van der Waals surface area (Å²) in [7, 11) is 11.3. The first kappa shape index (κ1) is 115. The predicted octanol–water partition coefficient (Wildman–Crippen LogP) is 10.6. The largest absolute Gasteiger partial charge is 1.00 e. The van der Waals surface area contributed by atoms with Gasteiger partial charge in [-0.05, 0) is 214 Å². The third kappa shape index (κ3) is 26.7. The first-order valence-electron chi connectivity index (χ1n) is 43.9. The standard InChI is InChI=1S/C31H35F2N3O6.C30H33F2N3O6.C29H37BF2N2O6.C8H10BrNO2.CH4.Li.2H2O/c1-16(2)34-19-14-22(32)27(23(33)15-19)29(37)35-24(31(39)41-6)13-18-9-10-21(28-20(18)8-7-11-42-28)26-25(40-5)12-17(3)36(4)30(26)38;1-15(2)33-18-13-21(31)26(22(32)14-18)28(36)34-23(30(38)39)12-17-8-9-20(27-19(17)7-6-10-41-27)25-24(40-5)11-16(3)35(4)29(25)37;1-16(2)33-18-14-21(31)24(22(32)15-18)26(35)34-23(27(36)37-7)13-17-10-11-20(25-19(17)9-8-12-38-25)30-39-28(3,4)29(5,6)40-30;1-5-4-6(12-3)7(9)8(11)10(5)2;;;;/h9-10,12,14-16,24,34H,7-8,11,13H2,1-6H3,(H,35,37);8-9,11,13-15,23,33H,6-7,10,12H2,1-5H3,(H,34,36)(H,38,39);10-11,14-16,23,33H,8-9,12-13H2,1-7H3,(H,34,35);4H,1-3H3;1H4;;2*1H2/q;;;;;+1;;/p-1/t24-;2*23-;;;;;/m000...../s1. The van der Waals surface area contributed by atoms with E-state index in [9.17, 15) is 74.6 Å². The zero-order valence-corrected chi connectivity index (χ0v) is 82.9. The van der Waals surface area contributed by atoms with Crippen LogP contribution in [0.1, 0.15) is 177 Å². The number of aliphatic carboxylic acids is 1. The minimum Gasteiger partial charge on any atom is -0.870 e. The molecule has 6 aromatic carbocycles. The minimum absolute atomic E-state index is 0. The second kappa shape index (κ2) is 49.5. The molecule has 3 amide bonds. The Morgan fingerprint density at radius 3 is 1.06 bits per heavy atom. The van der Waals surface area contributed by atoms with Gasteiger partial charge >= 0.3 is 43.9 Å². The summed E-state index contributed by atoms with van der Waals surface area (Å²) in [6, 6.07) is 17.8. The van der Waals surface area contributed by atoms with Gasteiger partial charge in [0.15, 0.2) is 0 Å². The molecule has 1 saturated heterocycles. The molecule has 0 unspecified atom stereocenters. The number of carbonyl (C=O) groups excluding carboxylic acids is 5. The van der Waals surface area contributed by atoms with Crippen molar-refractivity contribution in [3.05, 3.63) is 229 Å². The number of benzene rings is 6. The van der Waals surface area contributed by atoms with Crippen LogP contribution in [0.3, 0.4) is 0 Å². The summed E-state index contributed by atoms with van der Waals surface area (Å²) >= 11 is 3.17. The third-order valence-corrected chi connectivity index (χ3v) is 24.5. The van der Waals surface area contributed by atoms with Gasteiger partial charge in [-0.25, -0.2) is 40.7 Å². The Labute approximate surface area is 823 Å². The number of anilines is 3. The van der Waals surface area contributed by atoms with Crippen molar-refractivity contribution in [1.29, 1.82) is 0 Å². The quantitative estimate of drug-likeness (QED) is 0.0143. The fourth-order valence-electron chi connectivity index (χ4n) is 15.9. The van der Waals surface area contributed by atoms with Crippen molar-refractivity contribution >= 4 is 81.2 Å². The Morgan fingerprint density at radius 1 is 0.460 bits per heavy atom. The van der Waals surface area contributed by atoms with Gasteiger partial charge in [-0.3, -0.25) is 28.8 Å². The number of aryl methyl sites for hydroxylation is 3. The van der Waals surface area contributed by atoms with Crippen molar-refractivity contribution in [2.75, 3.05) is 71.3 Å². The average Bonchev–Trinajstić information content (AvgIpc) is 1.75. The van der Waals surface area contributed by atoms with Crippen molar-refractivity contribution in [2.45, 2.75) is 203 Å². The number of fused-ring (bicyclic) bond motifs is 3. The molecular weight excluding hydrogens is 1880 g/mol. The number of nitrogens with zero attached hydrogens (tertiary/aromatic N) is 3. The minimum atomic E-state index is -1.49. The normalized spacial score (nSPS) is 14.0. The van der Waals surface area contributed by atoms with Gasteiger partial charge in [-0.15, -0.1) is 0 Å². The Morgan fingerprint density at radius 2 is 0.748 bits per heavy atom. The van der Waals surface area contributed by atoms with Crippen LogP contribution in [0.15, 0.2) is 110 Å². The van der Waals surface area contributed by atoms with Crippen LogP contribution in [-0.4, -0.2) is 175 Å². The van der Waals surface area contributed by atoms with Crippen LogP contribution in [0.4, 0.5) is 43.4 Å². The summed E-state index contributed by atoms with van der Waals surface area (Å²) < 4.78 is 150. The first-order valence-corrected chi connectivity index (χ1v) is 44.7. The molecule has 0 bridgehead atoms. The van der Waals surface area contributed by atoms with E-state index in [1.54, 1.807) is 96.9 Å². The number of carboxylic acids is 1. The number of carboxylic acid groups (broad SMARTS) is 1. The summed E-state index contributed by atoms with van der Waals surface area (Å²) in [6.07, 6.45) is 3.73. The third-order valence-electron chi connectivity index (χ3n) is 23.7. The van der Waals surface area contributed by atoms with Gasteiger partial charge in [-0.1, -0.05) is 43.8 Å². The number of esters is 2. The van der Waals surface area contributed by atoms with Gasteiger partial charge in [0, 0.05) is 127 Å². The van der Waals surface area contributed by atoms with Crippen molar-refractivity contribution in [2.24, 2.45) is 21.1 Å². The maximum Gasteiger partial charge on any atom is 1.00 e. The summed E-state index contributed by atoms with van der Waals surface area (Å²) in [4.78, 5) is 114. The molecule has 0 aliphatic carbocycles. The van der Waals surface area contributed by atoms with E-state index >= 15 is 0 Å². The molecule has 9 aromatic rings. The van der Waals surface area contributed by atoms with Crippen molar-refractivity contribution in [3.63, 3.8) is 0 Å². The zero-order chi connectivity index (χ0) is 99.4. The fourth-order valence-corrected chi connectivity index (χ4v) is 16.4. The van der Waals surface area contributed by atoms with E-state index in [-0.39, 0.29) is 108 Å². The predicted molar refractivity (Wildman–Crippen MR) is 515 cm³/mol. The molecule has 4 aliphatic heterocycles. The second-order valence-corrected chi connectivity index (χ2v) is 35.7. The van der Waals surface area contributed by atoms with Gasteiger partial charge < -0.3 is 109 Å². The molecule has 4 aliphatic rings. The summed E-state index contributed by atoms with van der Waals surface area (Å²) in [5.41, 5.74) is 5.47. The number of halogens is 7. The molecule has 0 radical (unpaired) electrons. The molecule has 0 spiro atoms. The Kier molecular flexibility index (Phi) is 41.2. The molecule has 0 saturated carbocycles. The van der Waals surface area contributed by atoms with Gasteiger partial charge in [-0.2, -0.15) is 0 Å². The number of hydrogen-bond donors (Lipinski definition) is 7. The number of rotatable bonds is 27. The van der Waals surface area contributed by atoms with Gasteiger partial charge in [0.2, 0.25) is 0 Å². The topological polar surface area (TPSA) is 415 Å². The van der Waals surface area contributed by atoms with Crippen LogP contribution in [-0.2, 0) is 92.8 Å². The number of amides is 3. The average molecular weight is 2000 g/mol. The van der Waals surface area contributed by atoms with E-state index in [4.69, 9.17) is 47.2 Å². The molecule has 1 fully saturated rings. The Bertz CT molecular complexity index is 6130. The Hall–Kier alpha value is -12.2. The second-order valence-electron chi connectivity index (χ2n) is 34.9. The number of ether oxygens (including phenoxy) is 8. The zero-order valence-electron chi connectivity index (χ0n) is 81.3. The summed E-state index contributed by atoms with van der Waals surface area (Å²) in [5.74, 6) is -9.76. The van der Waals surface area contributed by atoms with E-state index in [2.05, 4.69) is 47.8 Å². The van der Waals surface area contributed by atoms with E-state index in [0.29, 0.717) is 136 Å². The summed E-state index contributed by atoms with van der Waals surface area (Å²) in [6.45, 7) is 25.5. The molecule has 748 valence electrons. The monoisotopic (exact) mass is 2000 g/mol. The molecule has 40 heteroatoms. The first-order chi connectivity index (χ1) is 63.7. The number of hydrogen-bond acceptors (Lipinski definition) is 23. The molecule has 3 atom stereocenters. The SMILES string of the molecule is C.COC(=O)[C@H](Cc1ccc(-c2c(OC)cc(C)n(C)c2=O)c2c1CCCO2)NC(=O)c1c(F)cc(NC(C)C)cc1F.COC(=O)[C@H](Cc1ccc(B2OC(C)(C)C(C)(C)O2)c2c1CCCO2)NC(=O)c1c(F)cc(NC(C)C)cc1F.COc1cc(C)n(C)c(=O)c1-c1ccc(C[C@H](NC(=O)c2c(F)cc(NC(C)C)cc2F)C(=O)O)c2c1OCCC2.COc1cc(C)n(C)c(=O)c1Br.O.[Li+].[OH-]. The number of pyridine rings is 3. The smallest absolute Gasteiger partial charge is 0.870 e. The van der Waals surface area contributed by atoms with Crippen molar-refractivity contribution in [3.8, 4) is 56.8 Å². The Balaban J connectivity index is 0.000000297. The molecule has 10 N–H and O–H groups in total. The summed E-state index contributed by atoms with van der Waals surface area (Å²) in [5, 5.41) is 25.7. The van der Waals surface area contributed by atoms with Crippen LogP contribution in [0, 0.1) is 55.7 Å². The fraction of sp³-hybridized carbons (Fsp3) is 0.424. The maximum absolute atomic E-state index is 14.8. The molecule has 3 aromatic heterocycles. The van der Waals surface area contributed by atoms with Crippen LogP contribution in [0.2, 0.25) is 0 Å².